The minimum atomic E-state index is -0.472. The number of hydrogen-bond donors (Lipinski definition) is 2. The molecule has 0 saturated carbocycles. The van der Waals surface area contributed by atoms with Crippen molar-refractivity contribution in [1.29, 1.82) is 0 Å². The molecule has 0 atom stereocenters. The maximum Gasteiger partial charge on any atom is 0.276 e. The summed E-state index contributed by atoms with van der Waals surface area (Å²) in [7, 11) is 0. The van der Waals surface area contributed by atoms with Gasteiger partial charge < -0.3 is 4.74 Å². The fourth-order valence-electron chi connectivity index (χ4n) is 1.70. The molecular weight excluding hydrogens is 384 g/mol. The molecule has 120 valence electrons. The summed E-state index contributed by atoms with van der Waals surface area (Å²) >= 11 is 9.10. The number of rotatable bonds is 4. The lowest BCUT2D eigenvalue weighted by molar-refractivity contribution is -0.123. The van der Waals surface area contributed by atoms with Gasteiger partial charge in [0, 0.05) is 10.6 Å². The molecule has 0 heterocycles. The van der Waals surface area contributed by atoms with Crippen molar-refractivity contribution < 1.29 is 14.3 Å². The Morgan fingerprint density at radius 1 is 1.13 bits per heavy atom. The topological polar surface area (TPSA) is 67.4 Å². The number of nitrogens with one attached hydrogen (secondary N) is 2. The molecule has 0 fully saturated rings. The summed E-state index contributed by atoms with van der Waals surface area (Å²) < 4.78 is 6.14. The Labute approximate surface area is 147 Å². The van der Waals surface area contributed by atoms with Crippen LogP contribution in [0.4, 0.5) is 0 Å². The van der Waals surface area contributed by atoms with Crippen LogP contribution in [0.5, 0.6) is 5.75 Å². The average Bonchev–Trinajstić information content (AvgIpc) is 2.52. The van der Waals surface area contributed by atoms with E-state index >= 15 is 0 Å². The van der Waals surface area contributed by atoms with Gasteiger partial charge in [0.05, 0.1) is 4.47 Å². The Morgan fingerprint density at radius 2 is 1.83 bits per heavy atom. The summed E-state index contributed by atoms with van der Waals surface area (Å²) in [6.45, 7) is 1.73. The SMILES string of the molecule is Cc1ccc(OCC(=O)NNC(=O)c2ccc(Cl)cc2)c(Br)c1. The zero-order chi connectivity index (χ0) is 16.8. The van der Waals surface area contributed by atoms with Crippen molar-refractivity contribution in [3.8, 4) is 5.75 Å². The van der Waals surface area contributed by atoms with Gasteiger partial charge in [0.25, 0.3) is 11.8 Å². The maximum atomic E-state index is 11.8. The second-order valence-corrected chi connectivity index (χ2v) is 6.02. The summed E-state index contributed by atoms with van der Waals surface area (Å²) in [5.41, 5.74) is 6.05. The van der Waals surface area contributed by atoms with Crippen LogP contribution in [0, 0.1) is 6.92 Å². The van der Waals surface area contributed by atoms with Crippen molar-refractivity contribution in [2.45, 2.75) is 6.92 Å². The number of amides is 2. The third-order valence-electron chi connectivity index (χ3n) is 2.87. The molecular formula is C16H14BrClN2O3. The highest BCUT2D eigenvalue weighted by Crippen LogP contribution is 2.25. The van der Waals surface area contributed by atoms with Crippen LogP contribution in [0.15, 0.2) is 46.9 Å². The van der Waals surface area contributed by atoms with E-state index in [1.165, 1.54) is 0 Å². The van der Waals surface area contributed by atoms with Crippen LogP contribution in [-0.4, -0.2) is 18.4 Å². The van der Waals surface area contributed by atoms with Crippen molar-refractivity contribution in [3.63, 3.8) is 0 Å². The van der Waals surface area contributed by atoms with Crippen LogP contribution >= 0.6 is 27.5 Å². The van der Waals surface area contributed by atoms with Crippen LogP contribution in [0.3, 0.4) is 0 Å². The second-order valence-electron chi connectivity index (χ2n) is 4.73. The summed E-state index contributed by atoms with van der Waals surface area (Å²) in [4.78, 5) is 23.5. The minimum absolute atomic E-state index is 0.220. The van der Waals surface area contributed by atoms with Crippen LogP contribution < -0.4 is 15.6 Å². The van der Waals surface area contributed by atoms with E-state index in [2.05, 4.69) is 26.8 Å². The molecule has 0 aliphatic carbocycles. The molecule has 23 heavy (non-hydrogen) atoms. The summed E-state index contributed by atoms with van der Waals surface area (Å²) in [5, 5.41) is 0.530. The molecule has 2 amide bonds. The van der Waals surface area contributed by atoms with Gasteiger partial charge in [-0.2, -0.15) is 0 Å². The number of hydrazine groups is 1. The summed E-state index contributed by atoms with van der Waals surface area (Å²) in [6.07, 6.45) is 0. The number of carbonyl (C=O) groups excluding carboxylic acids is 2. The predicted octanol–water partition coefficient (Wildman–Crippen LogP) is 3.25. The lowest BCUT2D eigenvalue weighted by Crippen LogP contribution is -2.43. The first-order chi connectivity index (χ1) is 11.0. The average molecular weight is 398 g/mol. The Morgan fingerprint density at radius 3 is 2.48 bits per heavy atom. The van der Waals surface area contributed by atoms with Gasteiger partial charge in [-0.3, -0.25) is 20.4 Å². The van der Waals surface area contributed by atoms with Crippen molar-refractivity contribution in [1.82, 2.24) is 10.9 Å². The Bertz CT molecular complexity index is 720. The molecule has 2 N–H and O–H groups in total. The minimum Gasteiger partial charge on any atom is -0.483 e. The van der Waals surface area contributed by atoms with Crippen LogP contribution in [0.2, 0.25) is 5.02 Å². The highest BCUT2D eigenvalue weighted by Gasteiger charge is 2.09. The molecule has 2 aromatic rings. The van der Waals surface area contributed by atoms with Gasteiger partial charge in [0.2, 0.25) is 0 Å². The maximum absolute atomic E-state index is 11.8. The largest absolute Gasteiger partial charge is 0.483 e. The first-order valence-electron chi connectivity index (χ1n) is 6.69. The number of hydrogen-bond acceptors (Lipinski definition) is 3. The quantitative estimate of drug-likeness (QED) is 0.778. The van der Waals surface area contributed by atoms with Crippen LogP contribution in [0.1, 0.15) is 15.9 Å². The van der Waals surface area contributed by atoms with Gasteiger partial charge in [-0.1, -0.05) is 17.7 Å². The van der Waals surface area contributed by atoms with E-state index in [1.807, 2.05) is 19.1 Å². The first-order valence-corrected chi connectivity index (χ1v) is 7.86. The van der Waals surface area contributed by atoms with E-state index < -0.39 is 11.8 Å². The van der Waals surface area contributed by atoms with E-state index in [1.54, 1.807) is 30.3 Å². The molecule has 0 radical (unpaired) electrons. The van der Waals surface area contributed by atoms with Gasteiger partial charge in [-0.15, -0.1) is 0 Å². The summed E-state index contributed by atoms with van der Waals surface area (Å²) in [5.74, 6) is -0.360. The van der Waals surface area contributed by atoms with E-state index in [0.717, 1.165) is 10.0 Å². The molecule has 2 aromatic carbocycles. The number of benzene rings is 2. The molecule has 0 aliphatic rings. The molecule has 7 heteroatoms. The van der Waals surface area contributed by atoms with Gasteiger partial charge >= 0.3 is 0 Å². The lowest BCUT2D eigenvalue weighted by Gasteiger charge is -2.10. The van der Waals surface area contributed by atoms with E-state index in [0.29, 0.717) is 16.3 Å². The highest BCUT2D eigenvalue weighted by molar-refractivity contribution is 9.10. The molecule has 0 aromatic heterocycles. The Kier molecular flexibility index (Phi) is 6.01. The van der Waals surface area contributed by atoms with Gasteiger partial charge in [0.1, 0.15) is 5.75 Å². The number of ether oxygens (including phenoxy) is 1. The van der Waals surface area contributed by atoms with E-state index in [-0.39, 0.29) is 6.61 Å². The monoisotopic (exact) mass is 396 g/mol. The zero-order valence-corrected chi connectivity index (χ0v) is 14.6. The molecule has 0 saturated heterocycles. The van der Waals surface area contributed by atoms with Gasteiger partial charge in [-0.25, -0.2) is 0 Å². The van der Waals surface area contributed by atoms with Crippen molar-refractivity contribution in [2.75, 3.05) is 6.61 Å². The number of aryl methyl sites for hydroxylation is 1. The number of halogens is 2. The molecule has 2 rings (SSSR count). The van der Waals surface area contributed by atoms with Crippen molar-refractivity contribution >= 4 is 39.3 Å². The number of carbonyl (C=O) groups is 2. The highest BCUT2D eigenvalue weighted by atomic mass is 79.9. The van der Waals surface area contributed by atoms with E-state index in [4.69, 9.17) is 16.3 Å². The lowest BCUT2D eigenvalue weighted by atomic mass is 10.2. The first kappa shape index (κ1) is 17.3. The third-order valence-corrected chi connectivity index (χ3v) is 3.74. The van der Waals surface area contributed by atoms with Crippen molar-refractivity contribution in [3.05, 3.63) is 63.1 Å². The van der Waals surface area contributed by atoms with Gasteiger partial charge in [0.15, 0.2) is 6.61 Å². The predicted molar refractivity (Wildman–Crippen MR) is 91.4 cm³/mol. The standard InChI is InChI=1S/C16H14BrClN2O3/c1-10-2-7-14(13(17)8-10)23-9-15(21)19-20-16(22)11-3-5-12(18)6-4-11/h2-8H,9H2,1H3,(H,19,21)(H,20,22). The van der Waals surface area contributed by atoms with Gasteiger partial charge in [-0.05, 0) is 64.8 Å². The third kappa shape index (κ3) is 5.26. The molecule has 0 unspecified atom stereocenters. The molecule has 5 nitrogen and oxygen atoms in total. The van der Waals surface area contributed by atoms with Crippen LogP contribution in [-0.2, 0) is 4.79 Å². The Hall–Kier alpha value is -2.05. The zero-order valence-electron chi connectivity index (χ0n) is 12.2. The summed E-state index contributed by atoms with van der Waals surface area (Å²) in [6, 6.07) is 11.8. The molecule has 0 aliphatic heterocycles. The molecule has 0 bridgehead atoms. The Balaban J connectivity index is 1.81. The molecule has 0 spiro atoms. The fraction of sp³-hybridized carbons (Fsp3) is 0.125. The van der Waals surface area contributed by atoms with E-state index in [9.17, 15) is 9.59 Å². The van der Waals surface area contributed by atoms with Crippen molar-refractivity contribution in [2.24, 2.45) is 0 Å². The smallest absolute Gasteiger partial charge is 0.276 e. The second kappa shape index (κ2) is 7.99. The fourth-order valence-corrected chi connectivity index (χ4v) is 2.44. The normalized spacial score (nSPS) is 10.0. The van der Waals surface area contributed by atoms with Crippen LogP contribution in [0.25, 0.3) is 0 Å².